The second kappa shape index (κ2) is 7.59. The van der Waals surface area contributed by atoms with Gasteiger partial charge in [-0.25, -0.2) is 4.98 Å². The number of rotatable bonds is 4. The number of carbonyl (C=O) groups is 1. The summed E-state index contributed by atoms with van der Waals surface area (Å²) in [6, 6.07) is 5.39. The Bertz CT molecular complexity index is 827. The van der Waals surface area contributed by atoms with Gasteiger partial charge in [0.25, 0.3) is 5.91 Å². The quantitative estimate of drug-likeness (QED) is 0.837. The second-order valence-corrected chi connectivity index (χ2v) is 8.00. The largest absolute Gasteiger partial charge is 0.416 e. The number of halogens is 3. The van der Waals surface area contributed by atoms with Crippen LogP contribution in [0.2, 0.25) is 0 Å². The van der Waals surface area contributed by atoms with E-state index in [2.05, 4.69) is 10.3 Å². The van der Waals surface area contributed by atoms with Crippen LogP contribution in [-0.4, -0.2) is 30.6 Å². The van der Waals surface area contributed by atoms with Crippen molar-refractivity contribution in [3.05, 3.63) is 51.0 Å². The standard InChI is InChI=1S/C19H21F3N2O2S/c1-12-16(27-13(2)24-12)17(25)23-11-18(6-8-26-9-7-18)14-4-3-5-15(10-14)19(20,21)22/h3-5,10H,6-9,11H2,1-2H3,(H,23,25). The van der Waals surface area contributed by atoms with Gasteiger partial charge < -0.3 is 10.1 Å². The average molecular weight is 398 g/mol. The Labute approximate surface area is 159 Å². The predicted molar refractivity (Wildman–Crippen MR) is 97.1 cm³/mol. The summed E-state index contributed by atoms with van der Waals surface area (Å²) in [5.41, 5.74) is -0.0117. The van der Waals surface area contributed by atoms with Crippen LogP contribution in [0.15, 0.2) is 24.3 Å². The molecule has 1 aromatic heterocycles. The zero-order chi connectivity index (χ0) is 19.7. The number of ether oxygens (including phenoxy) is 1. The molecule has 1 aromatic carbocycles. The number of thiazole rings is 1. The van der Waals surface area contributed by atoms with Crippen molar-refractivity contribution in [2.45, 2.75) is 38.3 Å². The summed E-state index contributed by atoms with van der Waals surface area (Å²) in [6.07, 6.45) is -3.30. The lowest BCUT2D eigenvalue weighted by molar-refractivity contribution is -0.137. The van der Waals surface area contributed by atoms with E-state index in [9.17, 15) is 18.0 Å². The Balaban J connectivity index is 1.85. The highest BCUT2D eigenvalue weighted by Gasteiger charge is 2.38. The van der Waals surface area contributed by atoms with Gasteiger partial charge in [-0.2, -0.15) is 13.2 Å². The maximum Gasteiger partial charge on any atom is 0.416 e. The van der Waals surface area contributed by atoms with Gasteiger partial charge in [-0.3, -0.25) is 4.79 Å². The molecule has 1 N–H and O–H groups in total. The molecule has 0 spiro atoms. The SMILES string of the molecule is Cc1nc(C)c(C(=O)NCC2(c3cccc(C(F)(F)F)c3)CCOCC2)s1. The van der Waals surface area contributed by atoms with Crippen molar-refractivity contribution in [2.24, 2.45) is 0 Å². The summed E-state index contributed by atoms with van der Waals surface area (Å²) < 4.78 is 44.8. The topological polar surface area (TPSA) is 51.2 Å². The van der Waals surface area contributed by atoms with Crippen LogP contribution in [0.1, 0.15) is 44.3 Å². The molecule has 1 amide bonds. The van der Waals surface area contributed by atoms with Crippen molar-refractivity contribution < 1.29 is 22.7 Å². The van der Waals surface area contributed by atoms with Crippen LogP contribution in [0.5, 0.6) is 0 Å². The number of aromatic nitrogens is 1. The molecule has 0 bridgehead atoms. The summed E-state index contributed by atoms with van der Waals surface area (Å²) in [6.45, 7) is 4.76. The molecule has 1 aliphatic heterocycles. The summed E-state index contributed by atoms with van der Waals surface area (Å²) in [7, 11) is 0. The molecule has 1 saturated heterocycles. The summed E-state index contributed by atoms with van der Waals surface area (Å²) in [5.74, 6) is -0.240. The van der Waals surface area contributed by atoms with Crippen LogP contribution < -0.4 is 5.32 Å². The van der Waals surface area contributed by atoms with Gasteiger partial charge in [-0.1, -0.05) is 18.2 Å². The van der Waals surface area contributed by atoms with Gasteiger partial charge in [0.1, 0.15) is 4.88 Å². The minimum absolute atomic E-state index is 0.240. The van der Waals surface area contributed by atoms with E-state index in [0.717, 1.165) is 11.1 Å². The van der Waals surface area contributed by atoms with Crippen molar-refractivity contribution in [3.63, 3.8) is 0 Å². The van der Waals surface area contributed by atoms with Crippen LogP contribution in [0, 0.1) is 13.8 Å². The van der Waals surface area contributed by atoms with Gasteiger partial charge in [0, 0.05) is 25.2 Å². The number of hydrogen-bond acceptors (Lipinski definition) is 4. The molecule has 0 saturated carbocycles. The summed E-state index contributed by atoms with van der Waals surface area (Å²) >= 11 is 1.31. The van der Waals surface area contributed by atoms with Crippen molar-refractivity contribution in [3.8, 4) is 0 Å². The Morgan fingerprint density at radius 1 is 1.30 bits per heavy atom. The maximum atomic E-state index is 13.1. The number of carbonyl (C=O) groups excluding carboxylic acids is 1. The molecule has 27 heavy (non-hydrogen) atoms. The highest BCUT2D eigenvalue weighted by atomic mass is 32.1. The number of benzene rings is 1. The number of hydrogen-bond donors (Lipinski definition) is 1. The number of alkyl halides is 3. The van der Waals surface area contributed by atoms with Gasteiger partial charge in [0.2, 0.25) is 0 Å². The smallest absolute Gasteiger partial charge is 0.381 e. The number of nitrogens with zero attached hydrogens (tertiary/aromatic N) is 1. The fraction of sp³-hybridized carbons (Fsp3) is 0.474. The van der Waals surface area contributed by atoms with Crippen LogP contribution in [-0.2, 0) is 16.3 Å². The van der Waals surface area contributed by atoms with Crippen LogP contribution in [0.3, 0.4) is 0 Å². The molecule has 3 rings (SSSR count). The Morgan fingerprint density at radius 2 is 2.00 bits per heavy atom. The molecule has 2 heterocycles. The molecule has 4 nitrogen and oxygen atoms in total. The summed E-state index contributed by atoms with van der Waals surface area (Å²) in [4.78, 5) is 17.4. The van der Waals surface area contributed by atoms with Gasteiger partial charge in [-0.05, 0) is 38.3 Å². The summed E-state index contributed by atoms with van der Waals surface area (Å²) in [5, 5.41) is 3.72. The molecule has 0 unspecified atom stereocenters. The van der Waals surface area contributed by atoms with E-state index in [1.54, 1.807) is 13.0 Å². The zero-order valence-corrected chi connectivity index (χ0v) is 16.0. The maximum absolute atomic E-state index is 13.1. The third kappa shape index (κ3) is 4.32. The minimum Gasteiger partial charge on any atom is -0.381 e. The Morgan fingerprint density at radius 3 is 2.59 bits per heavy atom. The first-order chi connectivity index (χ1) is 12.7. The molecular weight excluding hydrogens is 377 g/mol. The lowest BCUT2D eigenvalue weighted by Crippen LogP contribution is -2.44. The number of nitrogens with one attached hydrogen (secondary N) is 1. The Kier molecular flexibility index (Phi) is 5.58. The fourth-order valence-electron chi connectivity index (χ4n) is 3.43. The average Bonchev–Trinajstić information content (AvgIpc) is 2.98. The molecule has 1 fully saturated rings. The first-order valence-electron chi connectivity index (χ1n) is 8.69. The predicted octanol–water partition coefficient (Wildman–Crippen LogP) is 4.26. The number of amides is 1. The lowest BCUT2D eigenvalue weighted by Gasteiger charge is -2.38. The molecule has 2 aromatic rings. The molecule has 8 heteroatoms. The van der Waals surface area contributed by atoms with Crippen LogP contribution in [0.25, 0.3) is 0 Å². The minimum atomic E-state index is -4.40. The van der Waals surface area contributed by atoms with E-state index in [-0.39, 0.29) is 12.5 Å². The molecule has 1 aliphatic rings. The highest BCUT2D eigenvalue weighted by Crippen LogP contribution is 2.38. The highest BCUT2D eigenvalue weighted by molar-refractivity contribution is 7.13. The van der Waals surface area contributed by atoms with Crippen molar-refractivity contribution in [2.75, 3.05) is 19.8 Å². The van der Waals surface area contributed by atoms with Crippen molar-refractivity contribution >= 4 is 17.2 Å². The molecular formula is C19H21F3N2O2S. The zero-order valence-electron chi connectivity index (χ0n) is 15.2. The van der Waals surface area contributed by atoms with Gasteiger partial charge in [0.15, 0.2) is 0 Å². The van der Waals surface area contributed by atoms with E-state index in [1.165, 1.54) is 23.5 Å². The van der Waals surface area contributed by atoms with E-state index >= 15 is 0 Å². The first-order valence-corrected chi connectivity index (χ1v) is 9.51. The van der Waals surface area contributed by atoms with Crippen molar-refractivity contribution in [1.82, 2.24) is 10.3 Å². The van der Waals surface area contributed by atoms with E-state index in [1.807, 2.05) is 6.92 Å². The molecule has 0 aliphatic carbocycles. The van der Waals surface area contributed by atoms with Crippen molar-refractivity contribution in [1.29, 1.82) is 0 Å². The van der Waals surface area contributed by atoms with Gasteiger partial charge >= 0.3 is 6.18 Å². The van der Waals surface area contributed by atoms with Crippen LogP contribution in [0.4, 0.5) is 13.2 Å². The molecule has 0 atom stereocenters. The third-order valence-corrected chi connectivity index (χ3v) is 6.02. The van der Waals surface area contributed by atoms with E-state index < -0.39 is 17.2 Å². The normalized spacial score (nSPS) is 16.9. The number of aryl methyl sites for hydroxylation is 2. The first kappa shape index (κ1) is 19.8. The van der Waals surface area contributed by atoms with Gasteiger partial charge in [-0.15, -0.1) is 11.3 Å². The van der Waals surface area contributed by atoms with E-state index in [4.69, 9.17) is 4.74 Å². The fourth-order valence-corrected chi connectivity index (χ4v) is 4.26. The van der Waals surface area contributed by atoms with Crippen LogP contribution >= 0.6 is 11.3 Å². The molecule has 0 radical (unpaired) electrons. The van der Waals surface area contributed by atoms with E-state index in [0.29, 0.717) is 42.2 Å². The molecule has 146 valence electrons. The third-order valence-electron chi connectivity index (χ3n) is 4.95. The lowest BCUT2D eigenvalue weighted by atomic mass is 9.73. The monoisotopic (exact) mass is 398 g/mol. The van der Waals surface area contributed by atoms with Gasteiger partial charge in [0.05, 0.1) is 16.3 Å². The second-order valence-electron chi connectivity index (χ2n) is 6.80. The Hall–Kier alpha value is -1.93.